The van der Waals surface area contributed by atoms with Crippen LogP contribution in [-0.2, 0) is 28.7 Å². The zero-order chi connectivity index (χ0) is 35.0. The number of carbonyl (C=O) groups is 4. The number of rotatable bonds is 6. The average molecular weight is 735 g/mol. The molecule has 49 heavy (non-hydrogen) atoms. The molecule has 4 aliphatic rings. The molecule has 0 unspecified atom stereocenters. The van der Waals surface area contributed by atoms with Crippen molar-refractivity contribution in [3.63, 3.8) is 0 Å². The zero-order valence-electron chi connectivity index (χ0n) is 28.3. The fraction of sp³-hybridized carbons (Fsp3) is 0.474. The monoisotopic (exact) mass is 733 g/mol. The highest BCUT2D eigenvalue weighted by atomic mass is 79.9. The maximum Gasteiger partial charge on any atom is 0.306 e. The molecule has 0 aliphatic carbocycles. The fourth-order valence-electron chi connectivity index (χ4n) is 8.00. The first kappa shape index (κ1) is 35.0. The van der Waals surface area contributed by atoms with Crippen LogP contribution in [0.5, 0.6) is 0 Å². The van der Waals surface area contributed by atoms with Crippen LogP contribution in [0, 0.1) is 31.6 Å². The van der Waals surface area contributed by atoms with Crippen molar-refractivity contribution < 1.29 is 33.8 Å². The summed E-state index contributed by atoms with van der Waals surface area (Å²) < 4.78 is 13.0. The molecule has 0 radical (unpaired) electrons. The van der Waals surface area contributed by atoms with Crippen molar-refractivity contribution in [2.24, 2.45) is 17.8 Å². The lowest BCUT2D eigenvalue weighted by molar-refractivity contribution is -0.147. The standard InChI is InChI=1S/C38H44BrN3O7/c1-5-22(2)28(20-43)42-34-37(47)41(32-23(3)13-12-14-24(32)4)18-11-7-10-17-29(44)48-21-27(25-15-8-6-9-16-25)40-35(45)30-31(36(42)46)38(34)19-26(39)33(30)49-38/h6-9,11-16,19,22,27-28,30-31,33-34,43H,5,10,17-18,20-21H2,1-4H3,(H,40,45)/b11-7-/t22-,27+,28-,30+,31-,33+,34+,38-/m0/s1. The van der Waals surface area contributed by atoms with Crippen LogP contribution < -0.4 is 10.2 Å². The molecule has 260 valence electrons. The highest BCUT2D eigenvalue weighted by molar-refractivity contribution is 9.11. The minimum Gasteiger partial charge on any atom is -0.463 e. The second kappa shape index (κ2) is 14.2. The number of esters is 1. The second-order valence-electron chi connectivity index (χ2n) is 13.6. The number of hydrogen-bond acceptors (Lipinski definition) is 7. The Morgan fingerprint density at radius 1 is 1.02 bits per heavy atom. The lowest BCUT2D eigenvalue weighted by Crippen LogP contribution is -2.60. The van der Waals surface area contributed by atoms with Crippen LogP contribution in [0.3, 0.4) is 0 Å². The lowest BCUT2D eigenvalue weighted by Gasteiger charge is -2.40. The van der Waals surface area contributed by atoms with Gasteiger partial charge in [0.05, 0.1) is 30.5 Å². The van der Waals surface area contributed by atoms with Crippen molar-refractivity contribution in [3.05, 3.63) is 87.9 Å². The van der Waals surface area contributed by atoms with E-state index in [9.17, 15) is 19.5 Å². The summed E-state index contributed by atoms with van der Waals surface area (Å²) in [4.78, 5) is 60.6. The SMILES string of the molecule is CC[C@H](C)[C@H](CO)N1C(=O)[C@@H]2[C@H]3C(=O)N[C@@H](c4ccccc4)COC(=O)CC/C=C\CN(c4c(C)cccc4C)C(=O)[C@@H]1[C@]21C=C(Br)[C@H]3O1. The Bertz CT molecular complexity index is 1660. The molecule has 10 nitrogen and oxygen atoms in total. The maximum absolute atomic E-state index is 15.3. The lowest BCUT2D eigenvalue weighted by atomic mass is 9.74. The van der Waals surface area contributed by atoms with Crippen LogP contribution in [0.15, 0.2) is 71.2 Å². The van der Waals surface area contributed by atoms with Crippen LogP contribution in [0.4, 0.5) is 5.69 Å². The number of hydrogen-bond donors (Lipinski definition) is 2. The van der Waals surface area contributed by atoms with E-state index in [2.05, 4.69) is 21.2 Å². The second-order valence-corrected chi connectivity index (χ2v) is 14.5. The summed E-state index contributed by atoms with van der Waals surface area (Å²) in [6.45, 7) is 7.52. The van der Waals surface area contributed by atoms with Crippen molar-refractivity contribution in [2.75, 3.05) is 24.7 Å². The van der Waals surface area contributed by atoms with Gasteiger partial charge in [0.1, 0.15) is 24.4 Å². The van der Waals surface area contributed by atoms with Crippen molar-refractivity contribution in [1.29, 1.82) is 0 Å². The smallest absolute Gasteiger partial charge is 0.306 e. The van der Waals surface area contributed by atoms with E-state index in [-0.39, 0.29) is 38.0 Å². The number of carbonyl (C=O) groups excluding carboxylic acids is 4. The van der Waals surface area contributed by atoms with Crippen LogP contribution in [0.1, 0.15) is 55.8 Å². The molecule has 1 spiro atoms. The number of benzene rings is 2. The van der Waals surface area contributed by atoms with Gasteiger partial charge in [-0.15, -0.1) is 0 Å². The molecule has 2 aromatic carbocycles. The molecule has 4 heterocycles. The molecule has 0 saturated carbocycles. The van der Waals surface area contributed by atoms with Gasteiger partial charge in [-0.2, -0.15) is 0 Å². The first-order chi connectivity index (χ1) is 23.5. The molecule has 4 aliphatic heterocycles. The van der Waals surface area contributed by atoms with E-state index in [1.165, 1.54) is 4.90 Å². The summed E-state index contributed by atoms with van der Waals surface area (Å²) in [5.41, 5.74) is 1.73. The van der Waals surface area contributed by atoms with E-state index < -0.39 is 59.5 Å². The minimum atomic E-state index is -1.47. The first-order valence-electron chi connectivity index (χ1n) is 17.1. The molecule has 2 N–H and O–H groups in total. The summed E-state index contributed by atoms with van der Waals surface area (Å²) in [5.74, 6) is -3.81. The molecule has 11 heteroatoms. The van der Waals surface area contributed by atoms with E-state index in [1.54, 1.807) is 11.0 Å². The molecule has 2 aromatic rings. The molecular weight excluding hydrogens is 690 g/mol. The third-order valence-electron chi connectivity index (χ3n) is 10.6. The summed E-state index contributed by atoms with van der Waals surface area (Å²) in [6.07, 6.45) is 5.85. The predicted molar refractivity (Wildman–Crippen MR) is 187 cm³/mol. The van der Waals surface area contributed by atoms with Gasteiger partial charge in [-0.3, -0.25) is 19.2 Å². The molecule has 5 bridgehead atoms. The van der Waals surface area contributed by atoms with E-state index in [1.807, 2.05) is 88.4 Å². The first-order valence-corrected chi connectivity index (χ1v) is 17.9. The number of aryl methyl sites for hydroxylation is 2. The number of anilines is 1. The molecule has 3 amide bonds. The maximum atomic E-state index is 15.3. The van der Waals surface area contributed by atoms with Crippen molar-refractivity contribution in [2.45, 2.75) is 76.8 Å². The zero-order valence-corrected chi connectivity index (χ0v) is 29.9. The number of halogens is 1. The topological polar surface area (TPSA) is 125 Å². The number of amides is 3. The van der Waals surface area contributed by atoms with Gasteiger partial charge in [0.15, 0.2) is 0 Å². The molecular formula is C38H44BrN3O7. The number of para-hydroxylation sites is 1. The van der Waals surface area contributed by atoms with Crippen LogP contribution in [-0.4, -0.2) is 77.2 Å². The number of nitrogens with one attached hydrogen (secondary N) is 1. The number of likely N-dealkylation sites (tertiary alicyclic amines) is 1. The van der Waals surface area contributed by atoms with Gasteiger partial charge in [-0.25, -0.2) is 0 Å². The summed E-state index contributed by atoms with van der Waals surface area (Å²) in [7, 11) is 0. The Morgan fingerprint density at radius 3 is 2.41 bits per heavy atom. The Labute approximate surface area is 295 Å². The third-order valence-corrected chi connectivity index (χ3v) is 11.3. The summed E-state index contributed by atoms with van der Waals surface area (Å²) in [6, 6.07) is 12.5. The van der Waals surface area contributed by atoms with Gasteiger partial charge in [0.25, 0.3) is 5.91 Å². The van der Waals surface area contributed by atoms with Crippen molar-refractivity contribution in [1.82, 2.24) is 10.2 Å². The third kappa shape index (κ3) is 6.14. The van der Waals surface area contributed by atoms with Crippen LogP contribution in [0.25, 0.3) is 0 Å². The number of ether oxygens (including phenoxy) is 2. The number of aliphatic hydroxyl groups excluding tert-OH is 1. The number of cyclic esters (lactones) is 1. The van der Waals surface area contributed by atoms with E-state index in [0.717, 1.165) is 16.7 Å². The minimum absolute atomic E-state index is 0.0918. The highest BCUT2D eigenvalue weighted by Gasteiger charge is 2.75. The van der Waals surface area contributed by atoms with Crippen molar-refractivity contribution in [3.8, 4) is 0 Å². The van der Waals surface area contributed by atoms with Crippen LogP contribution in [0.2, 0.25) is 0 Å². The molecule has 2 fully saturated rings. The molecule has 2 saturated heterocycles. The Hall–Kier alpha value is -3.80. The Balaban J connectivity index is 1.52. The Kier molecular flexibility index (Phi) is 10.2. The van der Waals surface area contributed by atoms with E-state index >= 15 is 4.79 Å². The quantitative estimate of drug-likeness (QED) is 0.327. The fourth-order valence-corrected chi connectivity index (χ4v) is 8.73. The largest absolute Gasteiger partial charge is 0.463 e. The Morgan fingerprint density at radius 2 is 1.73 bits per heavy atom. The van der Waals surface area contributed by atoms with Crippen LogP contribution >= 0.6 is 15.9 Å². The summed E-state index contributed by atoms with van der Waals surface area (Å²) >= 11 is 3.64. The molecule has 8 atom stereocenters. The normalized spacial score (nSPS) is 30.8. The highest BCUT2D eigenvalue weighted by Crippen LogP contribution is 2.59. The van der Waals surface area contributed by atoms with Gasteiger partial charge in [-0.1, -0.05) is 96.9 Å². The van der Waals surface area contributed by atoms with Gasteiger partial charge in [-0.05, 0) is 49.0 Å². The van der Waals surface area contributed by atoms with Crippen molar-refractivity contribution >= 4 is 45.3 Å². The number of allylic oxidation sites excluding steroid dienone is 1. The average Bonchev–Trinajstić information content (AvgIpc) is 3.68. The number of fused-ring (bicyclic) bond motifs is 2. The summed E-state index contributed by atoms with van der Waals surface area (Å²) in [5, 5.41) is 13.9. The molecule has 0 aromatic heterocycles. The number of nitrogens with zero attached hydrogens (tertiary/aromatic N) is 2. The molecule has 6 rings (SSSR count). The van der Waals surface area contributed by atoms with E-state index in [0.29, 0.717) is 23.0 Å². The van der Waals surface area contributed by atoms with Gasteiger partial charge in [0.2, 0.25) is 11.8 Å². The van der Waals surface area contributed by atoms with Gasteiger partial charge >= 0.3 is 5.97 Å². The number of aliphatic hydroxyl groups is 1. The van der Waals surface area contributed by atoms with Gasteiger partial charge < -0.3 is 29.7 Å². The van der Waals surface area contributed by atoms with Gasteiger partial charge in [0, 0.05) is 23.1 Å². The predicted octanol–water partition coefficient (Wildman–Crippen LogP) is 4.67. The van der Waals surface area contributed by atoms with E-state index in [4.69, 9.17) is 9.47 Å².